The summed E-state index contributed by atoms with van der Waals surface area (Å²) in [6.07, 6.45) is 8.22. The second kappa shape index (κ2) is 3.95. The molecule has 0 aliphatic carbocycles. The zero-order valence-corrected chi connectivity index (χ0v) is 10.3. The lowest BCUT2D eigenvalue weighted by Gasteiger charge is -2.24. The van der Waals surface area contributed by atoms with Crippen LogP contribution in [0.3, 0.4) is 0 Å². The molecular formula is C13H17N5. The van der Waals surface area contributed by atoms with E-state index < -0.39 is 0 Å². The third kappa shape index (κ3) is 1.50. The third-order valence-corrected chi connectivity index (χ3v) is 4.20. The number of aromatic nitrogens is 3. The number of hydrogen-bond donors (Lipinski definition) is 1. The molecule has 18 heavy (non-hydrogen) atoms. The number of hydrogen-bond acceptors (Lipinski definition) is 4. The molecule has 0 radical (unpaired) electrons. The molecule has 0 amide bonds. The van der Waals surface area contributed by atoms with Gasteiger partial charge in [-0.1, -0.05) is 0 Å². The molecule has 4 heterocycles. The van der Waals surface area contributed by atoms with Crippen molar-refractivity contribution in [1.29, 1.82) is 0 Å². The first-order valence-electron chi connectivity index (χ1n) is 6.68. The Kier molecular flexibility index (Phi) is 2.26. The fourth-order valence-electron chi connectivity index (χ4n) is 3.31. The Morgan fingerprint density at radius 1 is 1.28 bits per heavy atom. The maximum absolute atomic E-state index is 4.56. The minimum atomic E-state index is 0.642. The van der Waals surface area contributed by atoms with Gasteiger partial charge in [0.2, 0.25) is 0 Å². The van der Waals surface area contributed by atoms with Crippen molar-refractivity contribution < 1.29 is 0 Å². The first kappa shape index (κ1) is 10.3. The van der Waals surface area contributed by atoms with Gasteiger partial charge in [-0.25, -0.2) is 9.50 Å². The van der Waals surface area contributed by atoms with Crippen molar-refractivity contribution >= 4 is 11.3 Å². The van der Waals surface area contributed by atoms with E-state index in [-0.39, 0.29) is 0 Å². The Hall–Kier alpha value is -1.62. The van der Waals surface area contributed by atoms with Crippen molar-refractivity contribution in [2.24, 2.45) is 5.92 Å². The van der Waals surface area contributed by atoms with E-state index in [4.69, 9.17) is 0 Å². The maximum Gasteiger partial charge on any atom is 0.154 e. The summed E-state index contributed by atoms with van der Waals surface area (Å²) in [7, 11) is 0. The molecular weight excluding hydrogens is 226 g/mol. The lowest BCUT2D eigenvalue weighted by molar-refractivity contribution is 0.340. The van der Waals surface area contributed by atoms with Crippen molar-refractivity contribution in [3.8, 4) is 0 Å². The molecule has 2 aliphatic rings. The summed E-state index contributed by atoms with van der Waals surface area (Å²) in [4.78, 5) is 6.96. The Bertz CT molecular complexity index is 549. The number of nitrogens with one attached hydrogen (secondary N) is 1. The summed E-state index contributed by atoms with van der Waals surface area (Å²) >= 11 is 0. The van der Waals surface area contributed by atoms with Crippen LogP contribution in [0.1, 0.15) is 12.8 Å². The normalized spacial score (nSPS) is 27.7. The van der Waals surface area contributed by atoms with Crippen molar-refractivity contribution in [3.63, 3.8) is 0 Å². The third-order valence-electron chi connectivity index (χ3n) is 4.20. The maximum atomic E-state index is 4.56. The molecule has 2 aliphatic heterocycles. The van der Waals surface area contributed by atoms with Gasteiger partial charge in [0.05, 0.1) is 6.20 Å². The molecule has 2 aromatic rings. The van der Waals surface area contributed by atoms with Crippen LogP contribution >= 0.6 is 0 Å². The first-order chi connectivity index (χ1) is 8.92. The van der Waals surface area contributed by atoms with Gasteiger partial charge in [0.25, 0.3) is 0 Å². The molecule has 0 saturated carbocycles. The number of fused-ring (bicyclic) bond motifs is 2. The van der Waals surface area contributed by atoms with Crippen molar-refractivity contribution in [1.82, 2.24) is 19.9 Å². The van der Waals surface area contributed by atoms with E-state index >= 15 is 0 Å². The Morgan fingerprint density at radius 2 is 2.28 bits per heavy atom. The monoisotopic (exact) mass is 243 g/mol. The van der Waals surface area contributed by atoms with Gasteiger partial charge in [0.1, 0.15) is 5.52 Å². The van der Waals surface area contributed by atoms with Crippen LogP contribution in [0.4, 0.5) is 5.82 Å². The van der Waals surface area contributed by atoms with Crippen LogP contribution in [-0.4, -0.2) is 40.3 Å². The molecule has 0 bridgehead atoms. The lowest BCUT2D eigenvalue weighted by Crippen LogP contribution is -2.40. The molecule has 5 heteroatoms. The zero-order chi connectivity index (χ0) is 11.9. The van der Waals surface area contributed by atoms with Gasteiger partial charge >= 0.3 is 0 Å². The van der Waals surface area contributed by atoms with Crippen LogP contribution < -0.4 is 10.2 Å². The molecule has 2 fully saturated rings. The summed E-state index contributed by atoms with van der Waals surface area (Å²) < 4.78 is 1.90. The van der Waals surface area contributed by atoms with Crippen LogP contribution in [0, 0.1) is 5.92 Å². The van der Waals surface area contributed by atoms with Crippen LogP contribution in [0.25, 0.3) is 5.52 Å². The highest BCUT2D eigenvalue weighted by atomic mass is 15.3. The zero-order valence-electron chi connectivity index (χ0n) is 10.3. The largest absolute Gasteiger partial charge is 0.353 e. The van der Waals surface area contributed by atoms with Gasteiger partial charge in [-0.2, -0.15) is 5.10 Å². The van der Waals surface area contributed by atoms with E-state index in [0.29, 0.717) is 6.04 Å². The summed E-state index contributed by atoms with van der Waals surface area (Å²) in [6.45, 7) is 3.36. The predicted octanol–water partition coefficient (Wildman–Crippen LogP) is 0.917. The molecule has 94 valence electrons. The number of nitrogens with zero attached hydrogens (tertiary/aromatic N) is 4. The summed E-state index contributed by atoms with van der Waals surface area (Å²) in [5.41, 5.74) is 1.11. The van der Waals surface area contributed by atoms with Gasteiger partial charge in [0, 0.05) is 31.5 Å². The van der Waals surface area contributed by atoms with Gasteiger partial charge in [-0.05, 0) is 31.4 Å². The second-order valence-electron chi connectivity index (χ2n) is 5.28. The summed E-state index contributed by atoms with van der Waals surface area (Å²) in [6, 6.07) is 2.68. The minimum Gasteiger partial charge on any atom is -0.353 e. The molecule has 2 saturated heterocycles. The predicted molar refractivity (Wildman–Crippen MR) is 69.7 cm³/mol. The number of piperidine rings is 1. The molecule has 1 N–H and O–H groups in total. The van der Waals surface area contributed by atoms with E-state index in [2.05, 4.69) is 20.3 Å². The van der Waals surface area contributed by atoms with Crippen molar-refractivity contribution in [2.75, 3.05) is 24.5 Å². The number of rotatable bonds is 1. The molecule has 4 rings (SSSR count). The highest BCUT2D eigenvalue weighted by Gasteiger charge is 2.35. The Balaban J connectivity index is 1.69. The molecule has 0 spiro atoms. The molecule has 0 aromatic carbocycles. The highest BCUT2D eigenvalue weighted by Crippen LogP contribution is 2.29. The lowest BCUT2D eigenvalue weighted by atomic mass is 9.94. The second-order valence-corrected chi connectivity index (χ2v) is 5.28. The van der Waals surface area contributed by atoms with Crippen LogP contribution in [0.2, 0.25) is 0 Å². The van der Waals surface area contributed by atoms with Crippen LogP contribution in [-0.2, 0) is 0 Å². The van der Waals surface area contributed by atoms with E-state index in [1.165, 1.54) is 19.4 Å². The summed E-state index contributed by atoms with van der Waals surface area (Å²) in [5.74, 6) is 1.86. The minimum absolute atomic E-state index is 0.642. The Morgan fingerprint density at radius 3 is 3.22 bits per heavy atom. The standard InChI is InChI=1S/C13H17N5/c1-2-10-8-17(9-11(10)14-4-1)13-12-3-5-16-18(12)7-6-15-13/h3,5-7,10-11,14H,1-2,4,8-9H2/t10-,11+/m0/s1. The van der Waals surface area contributed by atoms with Gasteiger partial charge in [-0.15, -0.1) is 0 Å². The van der Waals surface area contributed by atoms with E-state index in [1.54, 1.807) is 0 Å². The fraction of sp³-hybridized carbons (Fsp3) is 0.538. The average molecular weight is 243 g/mol. The van der Waals surface area contributed by atoms with E-state index in [9.17, 15) is 0 Å². The van der Waals surface area contributed by atoms with Crippen molar-refractivity contribution in [3.05, 3.63) is 24.7 Å². The van der Waals surface area contributed by atoms with Gasteiger partial charge in [-0.3, -0.25) is 0 Å². The van der Waals surface area contributed by atoms with Crippen molar-refractivity contribution in [2.45, 2.75) is 18.9 Å². The van der Waals surface area contributed by atoms with Crippen LogP contribution in [0.5, 0.6) is 0 Å². The fourth-order valence-corrected chi connectivity index (χ4v) is 3.31. The Labute approximate surface area is 106 Å². The molecule has 2 atom stereocenters. The smallest absolute Gasteiger partial charge is 0.154 e. The molecule has 0 unspecified atom stereocenters. The van der Waals surface area contributed by atoms with E-state index in [0.717, 1.165) is 30.3 Å². The molecule has 5 nitrogen and oxygen atoms in total. The van der Waals surface area contributed by atoms with Gasteiger partial charge in [0.15, 0.2) is 5.82 Å². The average Bonchev–Trinajstić information content (AvgIpc) is 3.04. The topological polar surface area (TPSA) is 45.5 Å². The number of anilines is 1. The van der Waals surface area contributed by atoms with Gasteiger partial charge < -0.3 is 10.2 Å². The quantitative estimate of drug-likeness (QED) is 0.809. The molecule has 2 aromatic heterocycles. The summed E-state index contributed by atoms with van der Waals surface area (Å²) in [5, 5.41) is 7.91. The van der Waals surface area contributed by atoms with Crippen LogP contribution in [0.15, 0.2) is 24.7 Å². The SMILES string of the molecule is c1cn2nccc2c(N2C[C@@H]3CCCN[C@@H]3C2)n1. The highest BCUT2D eigenvalue weighted by molar-refractivity contribution is 5.68. The van der Waals surface area contributed by atoms with E-state index in [1.807, 2.05) is 29.2 Å². The first-order valence-corrected chi connectivity index (χ1v) is 6.68.